The first-order valence-corrected chi connectivity index (χ1v) is 6.17. The zero-order chi connectivity index (χ0) is 11.8. The minimum absolute atomic E-state index is 0.209. The molecule has 2 rings (SSSR count). The minimum Gasteiger partial charge on any atom is -0.492 e. The molecule has 0 radical (unpaired) electrons. The maximum Gasteiger partial charge on any atom is 0.272 e. The van der Waals surface area contributed by atoms with Crippen LogP contribution in [0.1, 0.15) is 11.5 Å². The number of ether oxygens (including phenoxy) is 1. The van der Waals surface area contributed by atoms with E-state index in [2.05, 4.69) is 0 Å². The van der Waals surface area contributed by atoms with E-state index < -0.39 is 21.3 Å². The summed E-state index contributed by atoms with van der Waals surface area (Å²) >= 11 is 0. The van der Waals surface area contributed by atoms with Crippen molar-refractivity contribution < 1.29 is 22.5 Å². The number of aldehydes is 1. The summed E-state index contributed by atoms with van der Waals surface area (Å²) < 4.78 is 36.4. The third-order valence-electron chi connectivity index (χ3n) is 2.61. The maximum absolute atomic E-state index is 11.1. The second-order valence-corrected chi connectivity index (χ2v) is 5.20. The Morgan fingerprint density at radius 2 is 2.06 bits per heavy atom. The van der Waals surface area contributed by atoms with Crippen LogP contribution < -0.4 is 4.74 Å². The first-order valence-electron chi connectivity index (χ1n) is 4.67. The molecule has 1 N–H and O–H groups in total. The number of fused-ring (bicyclic) bond motifs is 1. The molecule has 5 nitrogen and oxygen atoms in total. The molecule has 0 fully saturated rings. The van der Waals surface area contributed by atoms with Gasteiger partial charge < -0.3 is 9.53 Å². The van der Waals surface area contributed by atoms with Crippen LogP contribution in [0.25, 0.3) is 0 Å². The number of carbonyl (C=O) groups is 1. The molecule has 0 saturated heterocycles. The predicted octanol–water partition coefficient (Wildman–Crippen LogP) is 0.618. The third-order valence-corrected chi connectivity index (χ3v) is 3.81. The van der Waals surface area contributed by atoms with Crippen LogP contribution in [0.4, 0.5) is 0 Å². The van der Waals surface area contributed by atoms with Crippen molar-refractivity contribution in [2.75, 3.05) is 6.61 Å². The van der Waals surface area contributed by atoms with E-state index in [1.165, 1.54) is 0 Å². The van der Waals surface area contributed by atoms with Crippen LogP contribution in [0.3, 0.4) is 0 Å². The fourth-order valence-electron chi connectivity index (χ4n) is 1.80. The van der Waals surface area contributed by atoms with E-state index in [-0.39, 0.29) is 6.61 Å². The number of rotatable bonds is 2. The molecule has 0 aromatic heterocycles. The Morgan fingerprint density at radius 1 is 1.38 bits per heavy atom. The zero-order valence-corrected chi connectivity index (χ0v) is 9.05. The highest BCUT2D eigenvalue weighted by Crippen LogP contribution is 2.34. The summed E-state index contributed by atoms with van der Waals surface area (Å²) in [6, 6.07) is 6.69. The first-order chi connectivity index (χ1) is 7.54. The Labute approximate surface area is 92.8 Å². The summed E-state index contributed by atoms with van der Waals surface area (Å²) in [6.45, 7) is -0.209. The van der Waals surface area contributed by atoms with Crippen molar-refractivity contribution >= 4 is 16.4 Å². The van der Waals surface area contributed by atoms with Crippen LogP contribution in [0.2, 0.25) is 0 Å². The van der Waals surface area contributed by atoms with Gasteiger partial charge in [0.25, 0.3) is 10.1 Å². The standard InChI is InChI=1S/C10H10O5S/c11-5-8-7-3-1-2-4-9(7)15-6-10(8)16(12,13)14/h1-5,8,10H,6H2,(H,12,13,14). The molecular formula is C10H10O5S. The lowest BCUT2D eigenvalue weighted by Crippen LogP contribution is -2.38. The normalized spacial score (nSPS) is 24.3. The number of hydrogen-bond donors (Lipinski definition) is 1. The van der Waals surface area contributed by atoms with Gasteiger partial charge in [-0.1, -0.05) is 18.2 Å². The van der Waals surface area contributed by atoms with Gasteiger partial charge >= 0.3 is 0 Å². The van der Waals surface area contributed by atoms with E-state index in [9.17, 15) is 13.2 Å². The van der Waals surface area contributed by atoms with Gasteiger partial charge in [0.15, 0.2) is 0 Å². The minimum atomic E-state index is -4.29. The molecule has 1 aliphatic rings. The number of para-hydroxylation sites is 1. The Hall–Kier alpha value is -1.40. The molecular weight excluding hydrogens is 232 g/mol. The average Bonchev–Trinajstić information content (AvgIpc) is 2.26. The SMILES string of the molecule is O=CC1c2ccccc2OCC1S(=O)(=O)O. The average molecular weight is 242 g/mol. The second kappa shape index (κ2) is 3.88. The number of hydrogen-bond acceptors (Lipinski definition) is 4. The van der Waals surface area contributed by atoms with Gasteiger partial charge in [0.05, 0.1) is 5.92 Å². The second-order valence-electron chi connectivity index (χ2n) is 3.56. The van der Waals surface area contributed by atoms with Crippen LogP contribution in [-0.4, -0.2) is 31.1 Å². The summed E-state index contributed by atoms with van der Waals surface area (Å²) in [5.74, 6) is -0.389. The van der Waals surface area contributed by atoms with Gasteiger partial charge in [-0.15, -0.1) is 0 Å². The lowest BCUT2D eigenvalue weighted by atomic mass is 9.94. The fraction of sp³-hybridized carbons (Fsp3) is 0.300. The van der Waals surface area contributed by atoms with Crippen molar-refractivity contribution in [3.8, 4) is 5.75 Å². The summed E-state index contributed by atoms with van der Waals surface area (Å²) in [5, 5.41) is -1.22. The molecule has 1 heterocycles. The van der Waals surface area contributed by atoms with Gasteiger partial charge in [-0.2, -0.15) is 8.42 Å². The Bertz CT molecular complexity index is 508. The summed E-state index contributed by atoms with van der Waals surface area (Å²) in [6.07, 6.45) is 0.528. The van der Waals surface area contributed by atoms with Crippen molar-refractivity contribution in [2.24, 2.45) is 0 Å². The van der Waals surface area contributed by atoms with E-state index in [4.69, 9.17) is 9.29 Å². The molecule has 0 amide bonds. The molecule has 0 saturated carbocycles. The van der Waals surface area contributed by atoms with Crippen LogP contribution >= 0.6 is 0 Å². The van der Waals surface area contributed by atoms with Crippen LogP contribution in [0, 0.1) is 0 Å². The van der Waals surface area contributed by atoms with E-state index in [1.54, 1.807) is 24.3 Å². The highest BCUT2D eigenvalue weighted by atomic mass is 32.2. The summed E-state index contributed by atoms with van der Waals surface area (Å²) in [5.41, 5.74) is 0.492. The number of carbonyl (C=O) groups excluding carboxylic acids is 1. The quantitative estimate of drug-likeness (QED) is 0.607. The van der Waals surface area contributed by atoms with Gasteiger partial charge in [-0.05, 0) is 6.07 Å². The van der Waals surface area contributed by atoms with Gasteiger partial charge in [0, 0.05) is 5.56 Å². The van der Waals surface area contributed by atoms with Crippen molar-refractivity contribution in [1.29, 1.82) is 0 Å². The van der Waals surface area contributed by atoms with Crippen LogP contribution in [-0.2, 0) is 14.9 Å². The van der Waals surface area contributed by atoms with Gasteiger partial charge in [-0.25, -0.2) is 0 Å². The van der Waals surface area contributed by atoms with Crippen LogP contribution in [0.5, 0.6) is 5.75 Å². The molecule has 1 aromatic rings. The Morgan fingerprint density at radius 3 is 2.69 bits per heavy atom. The molecule has 16 heavy (non-hydrogen) atoms. The van der Waals surface area contributed by atoms with Gasteiger partial charge in [0.1, 0.15) is 23.9 Å². The van der Waals surface area contributed by atoms with E-state index >= 15 is 0 Å². The molecule has 2 unspecified atom stereocenters. The highest BCUT2D eigenvalue weighted by molar-refractivity contribution is 7.86. The molecule has 6 heteroatoms. The maximum atomic E-state index is 11.1. The van der Waals surface area contributed by atoms with E-state index in [1.807, 2.05) is 0 Å². The van der Waals surface area contributed by atoms with Crippen molar-refractivity contribution in [1.82, 2.24) is 0 Å². The lowest BCUT2D eigenvalue weighted by molar-refractivity contribution is -0.109. The fourth-order valence-corrected chi connectivity index (χ4v) is 2.62. The predicted molar refractivity (Wildman–Crippen MR) is 56.1 cm³/mol. The molecule has 2 atom stereocenters. The largest absolute Gasteiger partial charge is 0.492 e. The molecule has 0 bridgehead atoms. The lowest BCUT2D eigenvalue weighted by Gasteiger charge is -2.28. The number of benzene rings is 1. The first kappa shape index (κ1) is 11.1. The monoisotopic (exact) mass is 242 g/mol. The van der Waals surface area contributed by atoms with Crippen molar-refractivity contribution in [3.05, 3.63) is 29.8 Å². The summed E-state index contributed by atoms with van der Waals surface area (Å²) in [4.78, 5) is 10.9. The molecule has 1 aliphatic heterocycles. The summed E-state index contributed by atoms with van der Waals surface area (Å²) in [7, 11) is -4.29. The highest BCUT2D eigenvalue weighted by Gasteiger charge is 2.38. The Kier molecular flexibility index (Phi) is 2.69. The third kappa shape index (κ3) is 1.81. The van der Waals surface area contributed by atoms with Gasteiger partial charge in [0.2, 0.25) is 0 Å². The van der Waals surface area contributed by atoms with Crippen molar-refractivity contribution in [3.63, 3.8) is 0 Å². The van der Waals surface area contributed by atoms with E-state index in [0.717, 1.165) is 0 Å². The smallest absolute Gasteiger partial charge is 0.272 e. The molecule has 0 spiro atoms. The molecule has 1 aromatic carbocycles. The molecule has 0 aliphatic carbocycles. The van der Waals surface area contributed by atoms with E-state index in [0.29, 0.717) is 17.6 Å². The topological polar surface area (TPSA) is 80.7 Å². The zero-order valence-electron chi connectivity index (χ0n) is 8.24. The molecule has 86 valence electrons. The Balaban J connectivity index is 2.49. The van der Waals surface area contributed by atoms with Crippen molar-refractivity contribution in [2.45, 2.75) is 11.2 Å². The van der Waals surface area contributed by atoms with Gasteiger partial charge in [-0.3, -0.25) is 4.55 Å². The van der Waals surface area contributed by atoms with Crippen LogP contribution in [0.15, 0.2) is 24.3 Å².